The molecule has 0 aromatic heterocycles. The highest BCUT2D eigenvalue weighted by Gasteiger charge is 2.24. The van der Waals surface area contributed by atoms with E-state index >= 15 is 0 Å². The molecule has 0 aliphatic heterocycles. The maximum absolute atomic E-state index is 10.4. The van der Waals surface area contributed by atoms with Crippen LogP contribution in [0.4, 0.5) is 0 Å². The average Bonchev–Trinajstić information content (AvgIpc) is 2.61. The second kappa shape index (κ2) is 11.1. The second-order valence-corrected chi connectivity index (χ2v) is 6.19. The minimum atomic E-state index is -1.09. The van der Waals surface area contributed by atoms with Crippen LogP contribution in [-0.4, -0.2) is 46.8 Å². The van der Waals surface area contributed by atoms with Crippen molar-refractivity contribution >= 4 is 0 Å². The van der Waals surface area contributed by atoms with Gasteiger partial charge in [0.05, 0.1) is 25.9 Å². The SMILES string of the molecule is C=CC[C@H](O)[C@@H](O)[C@@H](C=C[C@@H](C)[C@H](C)O)OCc1ccc(OC)cc1. The molecule has 5 nitrogen and oxygen atoms in total. The van der Waals surface area contributed by atoms with E-state index in [0.717, 1.165) is 11.3 Å². The second-order valence-electron chi connectivity index (χ2n) is 6.19. The third-order valence-electron chi connectivity index (χ3n) is 4.11. The maximum Gasteiger partial charge on any atom is 0.118 e. The first kappa shape index (κ1) is 21.4. The van der Waals surface area contributed by atoms with Gasteiger partial charge in [0.25, 0.3) is 0 Å². The Kier molecular flexibility index (Phi) is 9.45. The van der Waals surface area contributed by atoms with E-state index < -0.39 is 24.4 Å². The Morgan fingerprint density at radius 1 is 1.08 bits per heavy atom. The molecule has 5 atom stereocenters. The van der Waals surface area contributed by atoms with Crippen molar-refractivity contribution in [1.82, 2.24) is 0 Å². The van der Waals surface area contributed by atoms with Gasteiger partial charge in [-0.1, -0.05) is 37.3 Å². The van der Waals surface area contributed by atoms with E-state index in [-0.39, 0.29) is 18.9 Å². The van der Waals surface area contributed by atoms with Crippen molar-refractivity contribution in [3.8, 4) is 5.75 Å². The molecule has 140 valence electrons. The molecule has 25 heavy (non-hydrogen) atoms. The Morgan fingerprint density at radius 2 is 1.72 bits per heavy atom. The molecule has 1 aromatic rings. The first-order valence-electron chi connectivity index (χ1n) is 8.47. The van der Waals surface area contributed by atoms with Crippen LogP contribution in [0.25, 0.3) is 0 Å². The average molecular weight is 350 g/mol. The summed E-state index contributed by atoms with van der Waals surface area (Å²) in [6.45, 7) is 7.42. The zero-order valence-corrected chi connectivity index (χ0v) is 15.2. The van der Waals surface area contributed by atoms with Crippen LogP contribution in [0.5, 0.6) is 5.75 Å². The molecular formula is C20H30O5. The van der Waals surface area contributed by atoms with Gasteiger partial charge in [-0.05, 0) is 37.0 Å². The van der Waals surface area contributed by atoms with Crippen LogP contribution < -0.4 is 4.74 Å². The summed E-state index contributed by atoms with van der Waals surface area (Å²) < 4.78 is 10.9. The van der Waals surface area contributed by atoms with Gasteiger partial charge in [-0.2, -0.15) is 0 Å². The number of methoxy groups -OCH3 is 1. The number of aliphatic hydroxyl groups excluding tert-OH is 3. The van der Waals surface area contributed by atoms with Gasteiger partial charge in [-0.15, -0.1) is 6.58 Å². The van der Waals surface area contributed by atoms with Crippen LogP contribution in [0.2, 0.25) is 0 Å². The van der Waals surface area contributed by atoms with E-state index in [9.17, 15) is 15.3 Å². The lowest BCUT2D eigenvalue weighted by Gasteiger charge is -2.25. The highest BCUT2D eigenvalue weighted by molar-refractivity contribution is 5.26. The monoisotopic (exact) mass is 350 g/mol. The normalized spacial score (nSPS) is 17.7. The van der Waals surface area contributed by atoms with Crippen molar-refractivity contribution in [3.63, 3.8) is 0 Å². The molecule has 5 heteroatoms. The summed E-state index contributed by atoms with van der Waals surface area (Å²) in [6, 6.07) is 7.43. The van der Waals surface area contributed by atoms with E-state index in [1.807, 2.05) is 31.2 Å². The topological polar surface area (TPSA) is 79.2 Å². The number of rotatable bonds is 11. The molecule has 1 rings (SSSR count). The number of benzene rings is 1. The fourth-order valence-corrected chi connectivity index (χ4v) is 2.16. The highest BCUT2D eigenvalue weighted by atomic mass is 16.5. The van der Waals surface area contributed by atoms with E-state index in [1.165, 1.54) is 0 Å². The first-order chi connectivity index (χ1) is 11.9. The molecule has 0 amide bonds. The van der Waals surface area contributed by atoms with Gasteiger partial charge in [-0.3, -0.25) is 0 Å². The van der Waals surface area contributed by atoms with Crippen LogP contribution in [0.3, 0.4) is 0 Å². The summed E-state index contributed by atoms with van der Waals surface area (Å²) in [4.78, 5) is 0. The van der Waals surface area contributed by atoms with Gasteiger partial charge in [-0.25, -0.2) is 0 Å². The van der Waals surface area contributed by atoms with Crippen molar-refractivity contribution in [2.45, 2.75) is 51.3 Å². The number of hydrogen-bond donors (Lipinski definition) is 3. The summed E-state index contributed by atoms with van der Waals surface area (Å²) >= 11 is 0. The molecule has 0 radical (unpaired) electrons. The highest BCUT2D eigenvalue weighted by Crippen LogP contribution is 2.16. The smallest absolute Gasteiger partial charge is 0.118 e. The van der Waals surface area contributed by atoms with Crippen LogP contribution in [0.15, 0.2) is 49.1 Å². The summed E-state index contributed by atoms with van der Waals surface area (Å²) in [5, 5.41) is 30.0. The number of ether oxygens (including phenoxy) is 2. The van der Waals surface area contributed by atoms with Crippen molar-refractivity contribution in [2.24, 2.45) is 5.92 Å². The summed E-state index contributed by atoms with van der Waals surface area (Å²) in [6.07, 6.45) is 2.04. The van der Waals surface area contributed by atoms with Gasteiger partial charge in [0.1, 0.15) is 18.0 Å². The van der Waals surface area contributed by atoms with Crippen molar-refractivity contribution in [2.75, 3.05) is 7.11 Å². The third kappa shape index (κ3) is 7.40. The zero-order valence-electron chi connectivity index (χ0n) is 15.2. The minimum absolute atomic E-state index is 0.0872. The molecule has 0 fully saturated rings. The number of hydrogen-bond acceptors (Lipinski definition) is 5. The standard InChI is InChI=1S/C20H30O5/c1-5-6-18(22)20(23)19(12-7-14(2)15(3)21)25-13-16-8-10-17(24-4)11-9-16/h5,7-12,14-15,18-23H,1,6,13H2,2-4H3/t14-,15+,18+,19-,20-/m1/s1. The van der Waals surface area contributed by atoms with Crippen LogP contribution in [0, 0.1) is 5.92 Å². The molecule has 0 aliphatic rings. The van der Waals surface area contributed by atoms with Crippen molar-refractivity contribution in [3.05, 3.63) is 54.6 Å². The Morgan fingerprint density at radius 3 is 2.24 bits per heavy atom. The predicted molar refractivity (Wildman–Crippen MR) is 98.4 cm³/mol. The van der Waals surface area contributed by atoms with Gasteiger partial charge in [0.2, 0.25) is 0 Å². The van der Waals surface area contributed by atoms with Crippen LogP contribution >= 0.6 is 0 Å². The Bertz CT molecular complexity index is 523. The van der Waals surface area contributed by atoms with Crippen molar-refractivity contribution in [1.29, 1.82) is 0 Å². The largest absolute Gasteiger partial charge is 0.497 e. The fraction of sp³-hybridized carbons (Fsp3) is 0.500. The Hall–Kier alpha value is -1.66. The van der Waals surface area contributed by atoms with Gasteiger partial charge in [0, 0.05) is 0 Å². The third-order valence-corrected chi connectivity index (χ3v) is 4.11. The van der Waals surface area contributed by atoms with Gasteiger partial charge in [0.15, 0.2) is 0 Å². The Labute approximate surface area is 150 Å². The molecule has 3 N–H and O–H groups in total. The molecular weight excluding hydrogens is 320 g/mol. The maximum atomic E-state index is 10.4. The molecule has 0 saturated carbocycles. The molecule has 1 aromatic carbocycles. The lowest BCUT2D eigenvalue weighted by atomic mass is 10.0. The molecule has 0 spiro atoms. The lowest BCUT2D eigenvalue weighted by Crippen LogP contribution is -2.37. The molecule has 0 heterocycles. The van der Waals surface area contributed by atoms with Crippen LogP contribution in [0.1, 0.15) is 25.8 Å². The summed E-state index contributed by atoms with van der Waals surface area (Å²) in [5.41, 5.74) is 0.924. The Balaban J connectivity index is 2.79. The quantitative estimate of drug-likeness (QED) is 0.534. The lowest BCUT2D eigenvalue weighted by molar-refractivity contribution is -0.0741. The molecule has 0 unspecified atom stereocenters. The minimum Gasteiger partial charge on any atom is -0.497 e. The first-order valence-corrected chi connectivity index (χ1v) is 8.47. The van der Waals surface area contributed by atoms with E-state index in [1.54, 1.807) is 32.3 Å². The summed E-state index contributed by atoms with van der Waals surface area (Å²) in [7, 11) is 1.60. The van der Waals surface area contributed by atoms with E-state index in [2.05, 4.69) is 6.58 Å². The van der Waals surface area contributed by atoms with Crippen LogP contribution in [-0.2, 0) is 11.3 Å². The van der Waals surface area contributed by atoms with Gasteiger partial charge < -0.3 is 24.8 Å². The molecule has 0 aliphatic carbocycles. The number of aliphatic hydroxyl groups is 3. The van der Waals surface area contributed by atoms with Gasteiger partial charge >= 0.3 is 0 Å². The van der Waals surface area contributed by atoms with Crippen molar-refractivity contribution < 1.29 is 24.8 Å². The molecule has 0 bridgehead atoms. The van der Waals surface area contributed by atoms with E-state index in [4.69, 9.17) is 9.47 Å². The summed E-state index contributed by atoms with van der Waals surface area (Å²) in [5.74, 6) is 0.670. The fourth-order valence-electron chi connectivity index (χ4n) is 2.16. The molecule has 0 saturated heterocycles. The zero-order chi connectivity index (χ0) is 18.8. The van der Waals surface area contributed by atoms with E-state index in [0.29, 0.717) is 0 Å². The predicted octanol–water partition coefficient (Wildman–Crippen LogP) is 2.45.